The fourth-order valence-electron chi connectivity index (χ4n) is 9.78. The Labute approximate surface area is 772 Å². The minimum absolute atomic E-state index is 0.0475. The molecule has 0 saturated heterocycles. The van der Waals surface area contributed by atoms with Crippen LogP contribution in [0, 0.1) is 0 Å². The van der Waals surface area contributed by atoms with Crippen molar-refractivity contribution in [2.24, 2.45) is 0 Å². The number of carbonyl (C=O) groups is 8. The van der Waals surface area contributed by atoms with Gasteiger partial charge in [-0.2, -0.15) is 11.8 Å². The van der Waals surface area contributed by atoms with Gasteiger partial charge >= 0.3 is 47.8 Å². The molecule has 0 heterocycles. The summed E-state index contributed by atoms with van der Waals surface area (Å²) in [5.41, 5.74) is 0. The van der Waals surface area contributed by atoms with E-state index in [1.807, 2.05) is 105 Å². The second-order valence-electron chi connectivity index (χ2n) is 28.4. The van der Waals surface area contributed by atoms with E-state index in [0.29, 0.717) is 163 Å². The van der Waals surface area contributed by atoms with Crippen molar-refractivity contribution in [3.8, 4) is 0 Å². The van der Waals surface area contributed by atoms with Gasteiger partial charge in [0.05, 0.1) is 77.8 Å². The van der Waals surface area contributed by atoms with E-state index in [0.717, 1.165) is 179 Å². The van der Waals surface area contributed by atoms with Crippen molar-refractivity contribution in [1.82, 2.24) is 39.2 Å². The molecule has 0 atom stereocenters. The van der Waals surface area contributed by atoms with Crippen LogP contribution in [0.25, 0.3) is 0 Å². The van der Waals surface area contributed by atoms with Crippen LogP contribution in [0.4, 0.5) is 0 Å². The second-order valence-corrected chi connectivity index (χ2v) is 43.1. The number of aliphatic hydroxyl groups is 2. The Kier molecular flexibility index (Phi) is 105. The first kappa shape index (κ1) is 125. The molecule has 0 unspecified atom stereocenters. The highest BCUT2D eigenvalue weighted by atomic mass is 33.1. The topological polar surface area (TPSA) is 277 Å². The Hall–Kier alpha value is -0.790. The molecule has 37 heteroatoms. The number of hydrogen-bond donors (Lipinski definition) is 2. The molecule has 0 aromatic rings. The third-order valence-corrected chi connectivity index (χ3v) is 30.2. The SMILES string of the molecule is CCCCSCCOC(=O)CCN(C)CCCN(C)CCC(=O)OCCSSCCC.CCCOC(=O)CCN(CCCN(C)C)CCC(=O)OCCC.CCCSSCCOC(=O)CCN(CCCN(C)C)CCC(=O)OCCSSCCC.CCCSSCCOC(=O)CCN(CCCN(CCO)CCO)CCC(=O)OCCSSCCC. The molecule has 0 aromatic carbocycles. The maximum atomic E-state index is 12.2. The normalized spacial score (nSPS) is 11.3. The van der Waals surface area contributed by atoms with Crippen molar-refractivity contribution in [1.29, 1.82) is 0 Å². The number of thioether (sulfide) groups is 1. The standard InChI is InChI=1S/C23H46N2O6S4.C22H44N2O4S3.C21H42N2O4S4.C17H34N2O4/c1-3-18-32-34-20-16-30-22(28)6-10-24(8-5-9-25(12-14-26)13-15-27)11-7-23(29)31-17-21-35-33-19-4-2;1-5-7-18-29-19-15-27-21(25)9-13-23(3)11-8-12-24(4)14-10-22(26)28-16-20-31-30-17-6-2;1-5-16-28-30-18-14-26-20(24)8-12-23(11-7-10-22(3)4)13-9-21(25)27-15-19-31-29-17-6-2;1-5-14-22-16(20)8-12-19(11-7-10-18(3)4)13-9-17(21)23-15-6-2/h26-27H,3-21H2,1-2H3;5-20H2,1-4H3;5-19H2,1-4H3;5-15H2,1-4H3. The highest BCUT2D eigenvalue weighted by molar-refractivity contribution is 8.77. The molecule has 120 heavy (non-hydrogen) atoms. The molecule has 0 aromatic heterocycles. The summed E-state index contributed by atoms with van der Waals surface area (Å²) in [4.78, 5) is 112. The Morgan fingerprint density at radius 3 is 0.667 bits per heavy atom. The van der Waals surface area contributed by atoms with Crippen LogP contribution in [0.5, 0.6) is 0 Å². The number of carbonyl (C=O) groups excluding carboxylic acids is 8. The first-order valence-corrected chi connectivity index (χ1v) is 57.5. The quantitative estimate of drug-likeness (QED) is 0.0248. The Bertz CT molecular complexity index is 2200. The summed E-state index contributed by atoms with van der Waals surface area (Å²) in [6.07, 6.45) is 16.5. The summed E-state index contributed by atoms with van der Waals surface area (Å²) in [5.74, 6) is 10.3. The Morgan fingerprint density at radius 1 is 0.217 bits per heavy atom. The summed E-state index contributed by atoms with van der Waals surface area (Å²) < 4.78 is 42.1. The van der Waals surface area contributed by atoms with E-state index in [4.69, 9.17) is 37.9 Å². The maximum Gasteiger partial charge on any atom is 0.307 e. The van der Waals surface area contributed by atoms with Gasteiger partial charge in [-0.1, -0.05) is 170 Å². The van der Waals surface area contributed by atoms with Crippen molar-refractivity contribution in [3.63, 3.8) is 0 Å². The van der Waals surface area contributed by atoms with Crippen molar-refractivity contribution in [3.05, 3.63) is 0 Å². The van der Waals surface area contributed by atoms with Crippen molar-refractivity contribution in [2.45, 2.75) is 190 Å². The largest absolute Gasteiger partial charge is 0.466 e. The van der Waals surface area contributed by atoms with Gasteiger partial charge in [-0.15, -0.1) is 0 Å². The minimum atomic E-state index is -0.220. The summed E-state index contributed by atoms with van der Waals surface area (Å²) in [5, 5.41) is 18.4. The molecule has 0 fully saturated rings. The third-order valence-electron chi connectivity index (χ3n) is 16.3. The van der Waals surface area contributed by atoms with Crippen molar-refractivity contribution >= 4 is 167 Å². The summed E-state index contributed by atoms with van der Waals surface area (Å²) in [6, 6.07) is 0. The number of ether oxygens (including phenoxy) is 8. The van der Waals surface area contributed by atoms with E-state index in [-0.39, 0.29) is 73.8 Å². The van der Waals surface area contributed by atoms with Crippen LogP contribution in [0.3, 0.4) is 0 Å². The minimum Gasteiger partial charge on any atom is -0.466 e. The molecule has 0 aliphatic carbocycles. The maximum absolute atomic E-state index is 12.2. The summed E-state index contributed by atoms with van der Waals surface area (Å²) in [7, 11) is 30.0. The molecule has 0 bridgehead atoms. The van der Waals surface area contributed by atoms with Gasteiger partial charge in [0.15, 0.2) is 0 Å². The van der Waals surface area contributed by atoms with Crippen LogP contribution >= 0.6 is 120 Å². The lowest BCUT2D eigenvalue weighted by Gasteiger charge is -2.24. The lowest BCUT2D eigenvalue weighted by atomic mass is 10.3. The van der Waals surface area contributed by atoms with E-state index in [9.17, 15) is 48.6 Å². The molecule has 0 radical (unpaired) electrons. The van der Waals surface area contributed by atoms with Gasteiger partial charge in [0.25, 0.3) is 0 Å². The van der Waals surface area contributed by atoms with Crippen molar-refractivity contribution in [2.75, 3.05) is 295 Å². The Balaban J connectivity index is -0.000000755. The Morgan fingerprint density at radius 2 is 0.433 bits per heavy atom. The van der Waals surface area contributed by atoms with Gasteiger partial charge in [0, 0.05) is 129 Å². The molecule has 712 valence electrons. The van der Waals surface area contributed by atoms with Crippen molar-refractivity contribution < 1.29 is 86.5 Å². The molecule has 2 N–H and O–H groups in total. The average Bonchev–Trinajstić information content (AvgIpc) is 0.837. The average molecular weight is 1920 g/mol. The third kappa shape index (κ3) is 101. The monoisotopic (exact) mass is 1910 g/mol. The molecule has 26 nitrogen and oxygen atoms in total. The van der Waals surface area contributed by atoms with Gasteiger partial charge in [-0.05, 0) is 177 Å². The van der Waals surface area contributed by atoms with Gasteiger partial charge in [0.2, 0.25) is 0 Å². The number of esters is 8. The lowest BCUT2D eigenvalue weighted by Crippen LogP contribution is -2.35. The second kappa shape index (κ2) is 100. The molecular weight excluding hydrogens is 1750 g/mol. The molecule has 0 rings (SSSR count). The summed E-state index contributed by atoms with van der Waals surface area (Å²) >= 11 is 1.85. The van der Waals surface area contributed by atoms with Crippen LogP contribution < -0.4 is 0 Å². The fourth-order valence-corrected chi connectivity index (χ4v) is 20.5. The highest BCUT2D eigenvalue weighted by Gasteiger charge is 2.18. The van der Waals surface area contributed by atoms with Crippen LogP contribution in [0.15, 0.2) is 0 Å². The summed E-state index contributed by atoms with van der Waals surface area (Å²) in [6.45, 7) is 33.6. The molecule has 0 aliphatic rings. The van der Waals surface area contributed by atoms with E-state index < -0.39 is 0 Å². The highest BCUT2D eigenvalue weighted by Crippen LogP contribution is 2.25. The van der Waals surface area contributed by atoms with Crippen LogP contribution in [-0.4, -0.2) is 392 Å². The number of unbranched alkanes of at least 4 members (excludes halogenated alkanes) is 1. The van der Waals surface area contributed by atoms with Gasteiger partial charge in [0.1, 0.15) is 39.6 Å². The zero-order valence-electron chi connectivity index (χ0n) is 76.6. The van der Waals surface area contributed by atoms with E-state index in [1.54, 1.807) is 75.6 Å². The smallest absolute Gasteiger partial charge is 0.307 e. The predicted molar refractivity (Wildman–Crippen MR) is 524 cm³/mol. The molecule has 0 spiro atoms. The first-order valence-electron chi connectivity index (χ1n) is 43.9. The van der Waals surface area contributed by atoms with Crippen LogP contribution in [-0.2, 0) is 76.3 Å². The zero-order chi connectivity index (χ0) is 89.8. The predicted octanol–water partition coefficient (Wildman–Crippen LogP) is 14.5. The van der Waals surface area contributed by atoms with Gasteiger partial charge < -0.3 is 82.4 Å². The van der Waals surface area contributed by atoms with E-state index >= 15 is 0 Å². The molecule has 0 aliphatic heterocycles. The van der Waals surface area contributed by atoms with Crippen LogP contribution in [0.2, 0.25) is 0 Å². The lowest BCUT2D eigenvalue weighted by molar-refractivity contribution is -0.145. The van der Waals surface area contributed by atoms with Crippen LogP contribution in [0.1, 0.15) is 190 Å². The number of aliphatic hydroxyl groups excluding tert-OH is 2. The number of hydrogen-bond acceptors (Lipinski definition) is 37. The van der Waals surface area contributed by atoms with E-state index in [1.165, 1.54) is 19.3 Å². The molecule has 0 amide bonds. The zero-order valence-corrected chi connectivity index (χ0v) is 85.6. The molecular formula is C83H166N8O18S11. The van der Waals surface area contributed by atoms with Gasteiger partial charge in [-0.25, -0.2) is 0 Å². The number of nitrogens with zero attached hydrogens (tertiary/aromatic N) is 8. The molecule has 0 saturated carbocycles. The fraction of sp³-hybridized carbons (Fsp3) is 0.904. The number of rotatable bonds is 84. The first-order chi connectivity index (χ1) is 58.0. The van der Waals surface area contributed by atoms with Gasteiger partial charge in [-0.3, -0.25) is 43.3 Å². The van der Waals surface area contributed by atoms with E-state index in [2.05, 4.69) is 75.8 Å².